The Balaban J connectivity index is 2.29. The molecule has 6 heteroatoms. The Kier molecular flexibility index (Phi) is 3.91. The molecule has 104 valence electrons. The van der Waals surface area contributed by atoms with Crippen LogP contribution in [0.2, 0.25) is 0 Å². The molecule has 0 aliphatic rings. The first-order valence-electron chi connectivity index (χ1n) is 6.47. The number of fused-ring (bicyclic) bond motifs is 1. The second-order valence-electron chi connectivity index (χ2n) is 4.79. The van der Waals surface area contributed by atoms with Gasteiger partial charge in [-0.15, -0.1) is 11.3 Å². The van der Waals surface area contributed by atoms with E-state index in [1.54, 1.807) is 11.3 Å². The minimum Gasteiger partial charge on any atom is -0.388 e. The van der Waals surface area contributed by atoms with E-state index in [4.69, 9.17) is 5.73 Å². The largest absolute Gasteiger partial charge is 0.388 e. The van der Waals surface area contributed by atoms with Crippen LogP contribution in [-0.2, 0) is 0 Å². The van der Waals surface area contributed by atoms with Crippen LogP contribution in [0.5, 0.6) is 0 Å². The van der Waals surface area contributed by atoms with Gasteiger partial charge in [0.15, 0.2) is 0 Å². The van der Waals surface area contributed by atoms with Gasteiger partial charge in [0.2, 0.25) is 5.95 Å². The summed E-state index contributed by atoms with van der Waals surface area (Å²) >= 11 is 1.59. The summed E-state index contributed by atoms with van der Waals surface area (Å²) in [7, 11) is 0. The zero-order valence-electron chi connectivity index (χ0n) is 11.5. The van der Waals surface area contributed by atoms with Crippen molar-refractivity contribution in [1.29, 1.82) is 0 Å². The molecule has 4 N–H and O–H groups in total. The van der Waals surface area contributed by atoms with E-state index in [2.05, 4.69) is 15.3 Å². The van der Waals surface area contributed by atoms with E-state index in [9.17, 15) is 5.11 Å². The van der Waals surface area contributed by atoms with Crippen molar-refractivity contribution in [3.05, 3.63) is 10.9 Å². The van der Waals surface area contributed by atoms with E-state index in [1.165, 1.54) is 4.88 Å². The maximum Gasteiger partial charge on any atom is 0.223 e. The summed E-state index contributed by atoms with van der Waals surface area (Å²) in [6.07, 6.45) is 1.39. The third kappa shape index (κ3) is 2.96. The third-order valence-corrected chi connectivity index (χ3v) is 4.38. The van der Waals surface area contributed by atoms with Crippen molar-refractivity contribution in [1.82, 2.24) is 9.97 Å². The Morgan fingerprint density at radius 1 is 1.37 bits per heavy atom. The predicted octanol–water partition coefficient (Wildman–Crippen LogP) is 2.54. The number of thiophene rings is 1. The van der Waals surface area contributed by atoms with Crippen LogP contribution in [-0.4, -0.2) is 27.2 Å². The number of anilines is 2. The number of rotatable bonds is 5. The smallest absolute Gasteiger partial charge is 0.223 e. The number of nitrogens with one attached hydrogen (secondary N) is 1. The number of nitrogens with zero attached hydrogens (tertiary/aromatic N) is 2. The van der Waals surface area contributed by atoms with Crippen molar-refractivity contribution < 1.29 is 5.11 Å². The van der Waals surface area contributed by atoms with Gasteiger partial charge in [-0.1, -0.05) is 13.8 Å². The molecule has 2 rings (SSSR count). The summed E-state index contributed by atoms with van der Waals surface area (Å²) in [6, 6.07) is 2.04. The van der Waals surface area contributed by atoms with Crippen LogP contribution >= 0.6 is 11.3 Å². The standard InChI is InChI=1S/C13H20N4OS/c1-4-13(18,5-2)7-15-10-9-6-8(3)19-11(9)17-12(14)16-10/h6,18H,4-5,7H2,1-3H3,(H3,14,15,16,17). The Hall–Kier alpha value is -1.40. The zero-order valence-corrected chi connectivity index (χ0v) is 12.3. The number of aryl methyl sites for hydroxylation is 1. The molecular formula is C13H20N4OS. The molecule has 0 radical (unpaired) electrons. The molecule has 0 atom stereocenters. The van der Waals surface area contributed by atoms with E-state index < -0.39 is 5.60 Å². The van der Waals surface area contributed by atoms with Crippen molar-refractivity contribution in [2.24, 2.45) is 0 Å². The molecular weight excluding hydrogens is 260 g/mol. The fraction of sp³-hybridized carbons (Fsp3) is 0.538. The highest BCUT2D eigenvalue weighted by atomic mass is 32.1. The van der Waals surface area contributed by atoms with E-state index >= 15 is 0 Å². The van der Waals surface area contributed by atoms with Gasteiger partial charge >= 0.3 is 0 Å². The minimum atomic E-state index is -0.711. The maximum atomic E-state index is 10.3. The fourth-order valence-corrected chi connectivity index (χ4v) is 2.83. The van der Waals surface area contributed by atoms with Gasteiger partial charge in [0.25, 0.3) is 0 Å². The van der Waals surface area contributed by atoms with E-state index in [-0.39, 0.29) is 5.95 Å². The van der Waals surface area contributed by atoms with Crippen LogP contribution in [0.1, 0.15) is 31.6 Å². The Labute approximate surface area is 116 Å². The van der Waals surface area contributed by atoms with Crippen molar-refractivity contribution >= 4 is 33.3 Å². The molecule has 0 amide bonds. The predicted molar refractivity (Wildman–Crippen MR) is 80.6 cm³/mol. The lowest BCUT2D eigenvalue weighted by Crippen LogP contribution is -2.35. The molecule has 5 nitrogen and oxygen atoms in total. The molecule has 19 heavy (non-hydrogen) atoms. The van der Waals surface area contributed by atoms with Crippen LogP contribution in [0.15, 0.2) is 6.07 Å². The van der Waals surface area contributed by atoms with Gasteiger partial charge in [-0.05, 0) is 25.8 Å². The number of aliphatic hydroxyl groups is 1. The summed E-state index contributed by atoms with van der Waals surface area (Å²) in [5, 5.41) is 14.5. The first-order chi connectivity index (χ1) is 8.97. The fourth-order valence-electron chi connectivity index (χ4n) is 1.94. The molecule has 2 aromatic heterocycles. The quantitative estimate of drug-likeness (QED) is 0.784. The van der Waals surface area contributed by atoms with Crippen molar-refractivity contribution in [3.8, 4) is 0 Å². The molecule has 0 bridgehead atoms. The summed E-state index contributed by atoms with van der Waals surface area (Å²) in [4.78, 5) is 10.5. The number of nitrogens with two attached hydrogens (primary N) is 1. The molecule has 0 saturated carbocycles. The first kappa shape index (κ1) is 14.0. The molecule has 0 fully saturated rings. The average Bonchev–Trinajstić information content (AvgIpc) is 2.75. The molecule has 0 aliphatic heterocycles. The van der Waals surface area contributed by atoms with E-state index in [0.717, 1.165) is 10.2 Å². The number of hydrogen-bond donors (Lipinski definition) is 3. The molecule has 0 spiro atoms. The molecule has 2 aromatic rings. The Bertz CT molecular complexity index is 577. The average molecular weight is 280 g/mol. The van der Waals surface area contributed by atoms with Crippen LogP contribution in [0.25, 0.3) is 10.2 Å². The number of hydrogen-bond acceptors (Lipinski definition) is 6. The molecule has 0 unspecified atom stereocenters. The van der Waals surface area contributed by atoms with Crippen molar-refractivity contribution in [2.75, 3.05) is 17.6 Å². The summed E-state index contributed by atoms with van der Waals surface area (Å²) in [6.45, 7) is 6.44. The lowest BCUT2D eigenvalue weighted by atomic mass is 9.98. The van der Waals surface area contributed by atoms with Crippen LogP contribution in [0, 0.1) is 6.92 Å². The van der Waals surface area contributed by atoms with Gasteiger partial charge in [-0.2, -0.15) is 4.98 Å². The van der Waals surface area contributed by atoms with Gasteiger partial charge in [0.1, 0.15) is 10.6 Å². The summed E-state index contributed by atoms with van der Waals surface area (Å²) < 4.78 is 0. The van der Waals surface area contributed by atoms with Crippen molar-refractivity contribution in [3.63, 3.8) is 0 Å². The first-order valence-corrected chi connectivity index (χ1v) is 7.29. The molecule has 0 saturated heterocycles. The topological polar surface area (TPSA) is 84.1 Å². The Morgan fingerprint density at radius 2 is 2.05 bits per heavy atom. The van der Waals surface area contributed by atoms with Crippen LogP contribution < -0.4 is 11.1 Å². The second kappa shape index (κ2) is 5.30. The number of nitrogen functional groups attached to an aromatic ring is 1. The zero-order chi connectivity index (χ0) is 14.0. The normalized spacial score (nSPS) is 12.0. The lowest BCUT2D eigenvalue weighted by molar-refractivity contribution is 0.0456. The van der Waals surface area contributed by atoms with Crippen LogP contribution in [0.3, 0.4) is 0 Å². The second-order valence-corrected chi connectivity index (χ2v) is 6.03. The van der Waals surface area contributed by atoms with Gasteiger partial charge in [-0.25, -0.2) is 4.98 Å². The molecule has 0 aromatic carbocycles. The lowest BCUT2D eigenvalue weighted by Gasteiger charge is -2.25. The highest BCUT2D eigenvalue weighted by molar-refractivity contribution is 7.18. The van der Waals surface area contributed by atoms with Gasteiger partial charge in [-0.3, -0.25) is 0 Å². The van der Waals surface area contributed by atoms with Gasteiger partial charge in [0.05, 0.1) is 11.0 Å². The highest BCUT2D eigenvalue weighted by Crippen LogP contribution is 2.29. The Morgan fingerprint density at radius 3 is 2.68 bits per heavy atom. The van der Waals surface area contributed by atoms with E-state index in [0.29, 0.717) is 25.2 Å². The van der Waals surface area contributed by atoms with Gasteiger partial charge in [0, 0.05) is 11.4 Å². The summed E-state index contributed by atoms with van der Waals surface area (Å²) in [5.74, 6) is 0.959. The minimum absolute atomic E-state index is 0.258. The highest BCUT2D eigenvalue weighted by Gasteiger charge is 2.22. The van der Waals surface area contributed by atoms with E-state index in [1.807, 2.05) is 26.8 Å². The number of aromatic nitrogens is 2. The third-order valence-electron chi connectivity index (χ3n) is 3.43. The molecule has 0 aliphatic carbocycles. The SMILES string of the molecule is CCC(O)(CC)CNc1nc(N)nc2sc(C)cc12. The van der Waals surface area contributed by atoms with Crippen molar-refractivity contribution in [2.45, 2.75) is 39.2 Å². The maximum absolute atomic E-state index is 10.3. The van der Waals surface area contributed by atoms with Gasteiger partial charge < -0.3 is 16.2 Å². The summed E-state index contributed by atoms with van der Waals surface area (Å²) in [5.41, 5.74) is 5.01. The van der Waals surface area contributed by atoms with Crippen LogP contribution in [0.4, 0.5) is 11.8 Å². The monoisotopic (exact) mass is 280 g/mol. The molecule has 2 heterocycles.